The van der Waals surface area contributed by atoms with Crippen LogP contribution in [0.25, 0.3) is 0 Å². The summed E-state index contributed by atoms with van der Waals surface area (Å²) in [6.45, 7) is 0. The molecule has 0 fully saturated rings. The van der Waals surface area contributed by atoms with Crippen molar-refractivity contribution in [1.29, 1.82) is 5.26 Å². The molecule has 1 nitrogen and oxygen atoms in total. The van der Waals surface area contributed by atoms with Gasteiger partial charge in [-0.05, 0) is 0 Å². The normalized spacial score (nSPS) is 8.33. The van der Waals surface area contributed by atoms with Gasteiger partial charge in [0.15, 0.2) is 0 Å². The van der Waals surface area contributed by atoms with E-state index in [9.17, 15) is 0 Å². The molecule has 44 valence electrons. The number of nitrogens with zero attached hydrogens (tertiary/aromatic N) is 1. The van der Waals surface area contributed by atoms with Crippen LogP contribution in [0.4, 0.5) is 0 Å². The fourth-order valence-electron chi connectivity index (χ4n) is 0.541. The van der Waals surface area contributed by atoms with Gasteiger partial charge < -0.3 is 0 Å². The van der Waals surface area contributed by atoms with Gasteiger partial charge in [-0.25, -0.2) is 0 Å². The van der Waals surface area contributed by atoms with E-state index in [4.69, 9.17) is 5.26 Å². The molecular weight excluding hydrogens is 177 g/mol. The minimum atomic E-state index is 0.0151. The third-order valence-corrected chi connectivity index (χ3v) is 2.16. The molecule has 0 aliphatic rings. The average Bonchev–Trinajstić information content (AvgIpc) is 1.91. The molecule has 1 rings (SSSR count). The zero-order chi connectivity index (χ0) is 6.53. The zero-order valence-electron chi connectivity index (χ0n) is 4.74. The first-order valence-electron chi connectivity index (χ1n) is 2.54. The standard InChI is InChI=1S/C7H5NSe/c8-6-9-7-4-2-1-3-5-7/h1-5H. The summed E-state index contributed by atoms with van der Waals surface area (Å²) >= 11 is 0.0151. The molecule has 0 atom stereocenters. The molecule has 0 spiro atoms. The van der Waals surface area contributed by atoms with Crippen molar-refractivity contribution in [3.63, 3.8) is 0 Å². The summed E-state index contributed by atoms with van der Waals surface area (Å²) in [5, 5.41) is 8.30. The van der Waals surface area contributed by atoms with E-state index in [1.165, 1.54) is 0 Å². The van der Waals surface area contributed by atoms with Gasteiger partial charge in [-0.3, -0.25) is 0 Å². The summed E-state index contributed by atoms with van der Waals surface area (Å²) < 4.78 is 1.15. The van der Waals surface area contributed by atoms with Crippen LogP contribution in [-0.2, 0) is 0 Å². The van der Waals surface area contributed by atoms with Crippen LogP contribution >= 0.6 is 0 Å². The fraction of sp³-hybridized carbons (Fsp3) is 0. The van der Waals surface area contributed by atoms with E-state index in [2.05, 4.69) is 4.97 Å². The number of benzene rings is 1. The molecule has 9 heavy (non-hydrogen) atoms. The van der Waals surface area contributed by atoms with Crippen LogP contribution in [0.15, 0.2) is 30.3 Å². The summed E-state index contributed by atoms with van der Waals surface area (Å²) in [4.78, 5) is 2.15. The van der Waals surface area contributed by atoms with Gasteiger partial charge in [0.1, 0.15) is 0 Å². The maximum atomic E-state index is 8.30. The molecule has 1 aromatic rings. The van der Waals surface area contributed by atoms with Gasteiger partial charge in [-0.15, -0.1) is 0 Å². The van der Waals surface area contributed by atoms with Gasteiger partial charge in [0.2, 0.25) is 0 Å². The second-order valence-corrected chi connectivity index (χ2v) is 3.31. The molecule has 0 heterocycles. The Morgan fingerprint density at radius 3 is 2.44 bits per heavy atom. The van der Waals surface area contributed by atoms with Crippen molar-refractivity contribution in [3.05, 3.63) is 30.3 Å². The second kappa shape index (κ2) is 3.29. The Hall–Kier alpha value is -0.771. The monoisotopic (exact) mass is 183 g/mol. The van der Waals surface area contributed by atoms with Gasteiger partial charge in [-0.1, -0.05) is 0 Å². The first kappa shape index (κ1) is 6.35. The van der Waals surface area contributed by atoms with Crippen LogP contribution in [0.5, 0.6) is 0 Å². The van der Waals surface area contributed by atoms with Crippen LogP contribution in [0.2, 0.25) is 0 Å². The number of hydrogen-bond acceptors (Lipinski definition) is 1. The van der Waals surface area contributed by atoms with E-state index in [-0.39, 0.29) is 15.0 Å². The Labute approximate surface area is 60.5 Å². The molecule has 0 aliphatic heterocycles. The molecule has 1 aromatic carbocycles. The number of rotatable bonds is 1. The van der Waals surface area contributed by atoms with Crippen LogP contribution < -0.4 is 4.46 Å². The molecule has 0 N–H and O–H groups in total. The summed E-state index contributed by atoms with van der Waals surface area (Å²) in [7, 11) is 0. The molecule has 0 bridgehead atoms. The zero-order valence-corrected chi connectivity index (χ0v) is 6.46. The van der Waals surface area contributed by atoms with Crippen molar-refractivity contribution in [2.75, 3.05) is 0 Å². The van der Waals surface area contributed by atoms with Crippen molar-refractivity contribution >= 4 is 19.4 Å². The van der Waals surface area contributed by atoms with Crippen molar-refractivity contribution in [2.24, 2.45) is 0 Å². The molecule has 0 saturated carbocycles. The summed E-state index contributed by atoms with van der Waals surface area (Å²) in [6.07, 6.45) is 0. The van der Waals surface area contributed by atoms with E-state index < -0.39 is 0 Å². The molecule has 2 heteroatoms. The van der Waals surface area contributed by atoms with Crippen LogP contribution in [0.3, 0.4) is 0 Å². The van der Waals surface area contributed by atoms with Gasteiger partial charge in [0, 0.05) is 0 Å². The third-order valence-electron chi connectivity index (χ3n) is 0.907. The van der Waals surface area contributed by atoms with Gasteiger partial charge in [0.05, 0.1) is 0 Å². The number of nitriles is 1. The van der Waals surface area contributed by atoms with E-state index in [1.807, 2.05) is 30.3 Å². The predicted molar refractivity (Wildman–Crippen MR) is 37.4 cm³/mol. The molecule has 0 radical (unpaired) electrons. The first-order chi connectivity index (χ1) is 4.43. The maximum absolute atomic E-state index is 8.30. The minimum absolute atomic E-state index is 0.0151. The summed E-state index contributed by atoms with van der Waals surface area (Å²) in [5.74, 6) is 0. The topological polar surface area (TPSA) is 23.8 Å². The van der Waals surface area contributed by atoms with Gasteiger partial charge in [-0.2, -0.15) is 0 Å². The van der Waals surface area contributed by atoms with Crippen molar-refractivity contribution in [2.45, 2.75) is 0 Å². The molecule has 0 amide bonds. The van der Waals surface area contributed by atoms with Crippen molar-refractivity contribution < 1.29 is 0 Å². The SMILES string of the molecule is N#C[Se]c1ccccc1. The van der Waals surface area contributed by atoms with E-state index in [1.54, 1.807) is 0 Å². The fourth-order valence-corrected chi connectivity index (χ4v) is 1.38. The molecule has 0 unspecified atom stereocenters. The molecular formula is C7H5NSe. The van der Waals surface area contributed by atoms with E-state index >= 15 is 0 Å². The van der Waals surface area contributed by atoms with Crippen LogP contribution in [0.1, 0.15) is 0 Å². The van der Waals surface area contributed by atoms with Crippen molar-refractivity contribution in [3.8, 4) is 4.97 Å². The second-order valence-electron chi connectivity index (χ2n) is 1.51. The first-order valence-corrected chi connectivity index (χ1v) is 4.26. The van der Waals surface area contributed by atoms with Crippen LogP contribution in [-0.4, -0.2) is 15.0 Å². The van der Waals surface area contributed by atoms with E-state index in [0.717, 1.165) is 4.46 Å². The van der Waals surface area contributed by atoms with E-state index in [0.29, 0.717) is 0 Å². The van der Waals surface area contributed by atoms with Crippen LogP contribution in [0, 0.1) is 10.2 Å². The Morgan fingerprint density at radius 2 is 1.89 bits per heavy atom. The Morgan fingerprint density at radius 1 is 1.22 bits per heavy atom. The van der Waals surface area contributed by atoms with Gasteiger partial charge >= 0.3 is 60.0 Å². The van der Waals surface area contributed by atoms with Crippen molar-refractivity contribution in [1.82, 2.24) is 0 Å². The molecule has 0 aromatic heterocycles. The summed E-state index contributed by atoms with van der Waals surface area (Å²) in [5.41, 5.74) is 0. The summed E-state index contributed by atoms with van der Waals surface area (Å²) in [6, 6.07) is 9.81. The molecule has 0 saturated heterocycles. The Kier molecular flexibility index (Phi) is 2.32. The average molecular weight is 182 g/mol. The number of hydrogen-bond donors (Lipinski definition) is 0. The molecule has 0 aliphatic carbocycles. The predicted octanol–water partition coefficient (Wildman–Crippen LogP) is 0.497. The Bertz CT molecular complexity index is 212. The Balaban J connectivity index is 2.76. The van der Waals surface area contributed by atoms with Gasteiger partial charge in [0.25, 0.3) is 0 Å². The third kappa shape index (κ3) is 1.89. The quantitative estimate of drug-likeness (QED) is 0.580.